The molecule has 7 heteroatoms. The van der Waals surface area contributed by atoms with E-state index in [4.69, 9.17) is 0 Å². The van der Waals surface area contributed by atoms with Crippen LogP contribution in [0.15, 0.2) is 60.7 Å². The summed E-state index contributed by atoms with van der Waals surface area (Å²) in [5.41, 5.74) is 1.80. The molecule has 2 fully saturated rings. The summed E-state index contributed by atoms with van der Waals surface area (Å²) in [7, 11) is 0. The van der Waals surface area contributed by atoms with Gasteiger partial charge in [-0.05, 0) is 54.8 Å². The summed E-state index contributed by atoms with van der Waals surface area (Å²) in [6, 6.07) is 17.6. The van der Waals surface area contributed by atoms with Crippen molar-refractivity contribution in [3.8, 4) is 5.75 Å². The summed E-state index contributed by atoms with van der Waals surface area (Å²) in [5, 5.41) is 18.1. The Morgan fingerprint density at radius 2 is 1.74 bits per heavy atom. The molecule has 2 aliphatic rings. The number of benzene rings is 3. The Kier molecular flexibility index (Phi) is 6.40. The zero-order valence-electron chi connectivity index (χ0n) is 19.5. The van der Waals surface area contributed by atoms with Crippen molar-refractivity contribution in [3.63, 3.8) is 0 Å². The molecule has 3 aromatic rings. The second-order valence-corrected chi connectivity index (χ2v) is 9.37. The van der Waals surface area contributed by atoms with Crippen molar-refractivity contribution in [3.05, 3.63) is 71.8 Å². The molecule has 1 unspecified atom stereocenters. The van der Waals surface area contributed by atoms with Gasteiger partial charge in [-0.3, -0.25) is 14.4 Å². The number of hydrogen-bond donors (Lipinski definition) is 3. The summed E-state index contributed by atoms with van der Waals surface area (Å²) in [6.07, 6.45) is 4.28. The van der Waals surface area contributed by atoms with Gasteiger partial charge < -0.3 is 20.6 Å². The Hall–Kier alpha value is -3.87. The quantitative estimate of drug-likeness (QED) is 0.502. The first kappa shape index (κ1) is 22.9. The number of hydrogen-bond acceptors (Lipinski definition) is 4. The summed E-state index contributed by atoms with van der Waals surface area (Å²) < 4.78 is 0. The molecule has 1 aliphatic carbocycles. The molecule has 0 radical (unpaired) electrons. The van der Waals surface area contributed by atoms with Crippen LogP contribution >= 0.6 is 0 Å². The number of anilines is 1. The first-order valence-electron chi connectivity index (χ1n) is 12.2. The standard InChI is InChI=1S/C28H29N3O4/c32-25-22-11-2-1-7-19(22)13-14-23(25)28(35)31-15-5-12-24(31)27(34)29-17-18-6-3-10-21(16-18)30-26(33)20-8-4-9-20/h1-3,6-7,10-11,13-14,16,20,24,32H,4-5,8-9,12,15,17H2,(H,29,34)(H,30,33). The van der Waals surface area contributed by atoms with Gasteiger partial charge in [-0.2, -0.15) is 0 Å². The third-order valence-electron chi connectivity index (χ3n) is 7.08. The number of phenols is 1. The lowest BCUT2D eigenvalue weighted by Crippen LogP contribution is -2.45. The van der Waals surface area contributed by atoms with Crippen molar-refractivity contribution in [1.82, 2.24) is 10.2 Å². The molecule has 3 aromatic carbocycles. The molecule has 5 rings (SSSR count). The van der Waals surface area contributed by atoms with E-state index in [2.05, 4.69) is 10.6 Å². The normalized spacial score (nSPS) is 17.7. The topological polar surface area (TPSA) is 98.7 Å². The third kappa shape index (κ3) is 4.71. The molecular weight excluding hydrogens is 442 g/mol. The fourth-order valence-corrected chi connectivity index (χ4v) is 4.85. The predicted octanol–water partition coefficient (Wildman–Crippen LogP) is 4.21. The molecule has 3 N–H and O–H groups in total. The van der Waals surface area contributed by atoms with E-state index in [0.29, 0.717) is 24.9 Å². The van der Waals surface area contributed by atoms with Crippen molar-refractivity contribution in [2.45, 2.75) is 44.7 Å². The van der Waals surface area contributed by atoms with E-state index in [0.717, 1.165) is 42.3 Å². The second-order valence-electron chi connectivity index (χ2n) is 9.37. The lowest BCUT2D eigenvalue weighted by Gasteiger charge is -2.25. The van der Waals surface area contributed by atoms with Crippen molar-refractivity contribution in [2.24, 2.45) is 5.92 Å². The van der Waals surface area contributed by atoms with Gasteiger partial charge in [0.1, 0.15) is 11.8 Å². The van der Waals surface area contributed by atoms with Crippen LogP contribution in [0.5, 0.6) is 5.75 Å². The third-order valence-corrected chi connectivity index (χ3v) is 7.08. The second kappa shape index (κ2) is 9.78. The van der Waals surface area contributed by atoms with Crippen LogP contribution < -0.4 is 10.6 Å². The molecule has 7 nitrogen and oxygen atoms in total. The number of fused-ring (bicyclic) bond motifs is 1. The zero-order valence-corrected chi connectivity index (χ0v) is 19.5. The highest BCUT2D eigenvalue weighted by molar-refractivity contribution is 6.05. The van der Waals surface area contributed by atoms with E-state index < -0.39 is 6.04 Å². The van der Waals surface area contributed by atoms with Gasteiger partial charge in [-0.25, -0.2) is 0 Å². The average molecular weight is 472 g/mol. The maximum Gasteiger partial charge on any atom is 0.258 e. The number of phenolic OH excluding ortho intramolecular Hbond substituents is 1. The molecular formula is C28H29N3O4. The minimum absolute atomic E-state index is 0.0505. The predicted molar refractivity (Wildman–Crippen MR) is 134 cm³/mol. The van der Waals surface area contributed by atoms with Crippen molar-refractivity contribution in [1.29, 1.82) is 0 Å². The Balaban J connectivity index is 1.24. The van der Waals surface area contributed by atoms with Gasteiger partial charge in [0, 0.05) is 30.1 Å². The molecule has 0 spiro atoms. The zero-order chi connectivity index (χ0) is 24.4. The van der Waals surface area contributed by atoms with Crippen molar-refractivity contribution >= 4 is 34.2 Å². The molecule has 180 valence electrons. The molecule has 1 heterocycles. The van der Waals surface area contributed by atoms with Gasteiger partial charge in [0.25, 0.3) is 5.91 Å². The number of nitrogens with one attached hydrogen (secondary N) is 2. The van der Waals surface area contributed by atoms with Gasteiger partial charge in [0.05, 0.1) is 5.56 Å². The van der Waals surface area contributed by atoms with Crippen LogP contribution in [0.2, 0.25) is 0 Å². The van der Waals surface area contributed by atoms with Crippen LogP contribution in [0.1, 0.15) is 48.0 Å². The SMILES string of the molecule is O=C(Nc1cccc(CNC(=O)C2CCCN2C(=O)c2ccc3ccccc3c2O)c1)C1CCC1. The number of rotatable bonds is 6. The maximum absolute atomic E-state index is 13.3. The smallest absolute Gasteiger partial charge is 0.258 e. The molecule has 0 bridgehead atoms. The molecule has 0 aromatic heterocycles. The Bertz CT molecular complexity index is 1280. The lowest BCUT2D eigenvalue weighted by molar-refractivity contribution is -0.125. The number of carbonyl (C=O) groups excluding carboxylic acids is 3. The van der Waals surface area contributed by atoms with Gasteiger partial charge in [-0.1, -0.05) is 48.9 Å². The van der Waals surface area contributed by atoms with E-state index in [-0.39, 0.29) is 35.0 Å². The molecule has 1 saturated carbocycles. The number of aromatic hydroxyl groups is 1. The van der Waals surface area contributed by atoms with E-state index in [1.807, 2.05) is 48.5 Å². The molecule has 3 amide bonds. The van der Waals surface area contributed by atoms with E-state index in [1.165, 1.54) is 0 Å². The summed E-state index contributed by atoms with van der Waals surface area (Å²) in [5.74, 6) is -0.465. The van der Waals surface area contributed by atoms with E-state index in [9.17, 15) is 19.5 Å². The fourth-order valence-electron chi connectivity index (χ4n) is 4.85. The monoisotopic (exact) mass is 471 g/mol. The summed E-state index contributed by atoms with van der Waals surface area (Å²) in [6.45, 7) is 0.762. The number of amides is 3. The Morgan fingerprint density at radius 1 is 0.914 bits per heavy atom. The van der Waals surface area contributed by atoms with Crippen molar-refractivity contribution in [2.75, 3.05) is 11.9 Å². The fraction of sp³-hybridized carbons (Fsp3) is 0.321. The number of likely N-dealkylation sites (tertiary alicyclic amines) is 1. The van der Waals surface area contributed by atoms with Crippen LogP contribution in [-0.2, 0) is 16.1 Å². The minimum Gasteiger partial charge on any atom is -0.506 e. The largest absolute Gasteiger partial charge is 0.506 e. The first-order valence-corrected chi connectivity index (χ1v) is 12.2. The van der Waals surface area contributed by atoms with Gasteiger partial charge in [-0.15, -0.1) is 0 Å². The summed E-state index contributed by atoms with van der Waals surface area (Å²) >= 11 is 0. The molecule has 1 saturated heterocycles. The molecule has 35 heavy (non-hydrogen) atoms. The van der Waals surface area contributed by atoms with E-state index in [1.54, 1.807) is 17.0 Å². The van der Waals surface area contributed by atoms with Crippen LogP contribution in [-0.4, -0.2) is 40.3 Å². The van der Waals surface area contributed by atoms with Crippen LogP contribution in [0.3, 0.4) is 0 Å². The average Bonchev–Trinajstić information content (AvgIpc) is 3.32. The Labute approximate surface area is 204 Å². The summed E-state index contributed by atoms with van der Waals surface area (Å²) in [4.78, 5) is 40.1. The van der Waals surface area contributed by atoms with Gasteiger partial charge >= 0.3 is 0 Å². The maximum atomic E-state index is 13.3. The van der Waals surface area contributed by atoms with Crippen molar-refractivity contribution < 1.29 is 19.5 Å². The Morgan fingerprint density at radius 3 is 2.54 bits per heavy atom. The molecule has 1 aliphatic heterocycles. The minimum atomic E-state index is -0.588. The highest BCUT2D eigenvalue weighted by atomic mass is 16.3. The van der Waals surface area contributed by atoms with Crippen LogP contribution in [0.25, 0.3) is 10.8 Å². The number of carbonyl (C=O) groups is 3. The highest BCUT2D eigenvalue weighted by Gasteiger charge is 2.35. The lowest BCUT2D eigenvalue weighted by atomic mass is 9.85. The van der Waals surface area contributed by atoms with Gasteiger partial charge in [0.2, 0.25) is 11.8 Å². The van der Waals surface area contributed by atoms with Gasteiger partial charge in [0.15, 0.2) is 0 Å². The number of nitrogens with zero attached hydrogens (tertiary/aromatic N) is 1. The van der Waals surface area contributed by atoms with Crippen LogP contribution in [0, 0.1) is 5.92 Å². The molecule has 1 atom stereocenters. The first-order chi connectivity index (χ1) is 17.0. The highest BCUT2D eigenvalue weighted by Crippen LogP contribution is 2.31. The van der Waals surface area contributed by atoms with Crippen LogP contribution in [0.4, 0.5) is 5.69 Å². The van der Waals surface area contributed by atoms with E-state index >= 15 is 0 Å².